The van der Waals surface area contributed by atoms with Crippen molar-refractivity contribution >= 4 is 30.1 Å². The van der Waals surface area contributed by atoms with Gasteiger partial charge in [-0.15, -0.1) is 12.4 Å². The van der Waals surface area contributed by atoms with E-state index >= 15 is 0 Å². The third-order valence-electron chi connectivity index (χ3n) is 3.79. The summed E-state index contributed by atoms with van der Waals surface area (Å²) in [6.07, 6.45) is 2.76. The van der Waals surface area contributed by atoms with Gasteiger partial charge < -0.3 is 10.6 Å². The van der Waals surface area contributed by atoms with E-state index in [1.165, 1.54) is 11.1 Å². The Morgan fingerprint density at radius 1 is 1.32 bits per heavy atom. The Balaban J connectivity index is 0.00000441. The Bertz CT molecular complexity index is 462. The van der Waals surface area contributed by atoms with Crippen LogP contribution in [0.15, 0.2) is 24.3 Å². The molecule has 0 bridgehead atoms. The lowest BCUT2D eigenvalue weighted by molar-refractivity contribution is -0.132. The van der Waals surface area contributed by atoms with Crippen LogP contribution < -0.4 is 5.73 Å². The first-order valence-corrected chi connectivity index (χ1v) is 8.74. The molecule has 22 heavy (non-hydrogen) atoms. The quantitative estimate of drug-likeness (QED) is 0.826. The van der Waals surface area contributed by atoms with Crippen molar-refractivity contribution in [2.24, 2.45) is 5.73 Å². The molecule has 126 valence electrons. The van der Waals surface area contributed by atoms with Crippen molar-refractivity contribution in [1.29, 1.82) is 0 Å². The van der Waals surface area contributed by atoms with E-state index in [1.807, 2.05) is 13.3 Å². The van der Waals surface area contributed by atoms with Gasteiger partial charge in [0.15, 0.2) is 0 Å². The van der Waals surface area contributed by atoms with E-state index in [9.17, 15) is 4.79 Å². The molecule has 2 N–H and O–H groups in total. The molecule has 5 heteroatoms. The number of nitrogens with two attached hydrogens (primary N) is 1. The highest BCUT2D eigenvalue weighted by molar-refractivity contribution is 7.98. The van der Waals surface area contributed by atoms with Crippen LogP contribution in [-0.4, -0.2) is 42.4 Å². The number of benzene rings is 1. The molecule has 1 atom stereocenters. The molecule has 0 aliphatic carbocycles. The zero-order chi connectivity index (χ0) is 16.0. The minimum Gasteiger partial charge on any atom is -0.344 e. The van der Waals surface area contributed by atoms with Crippen molar-refractivity contribution in [2.75, 3.05) is 25.6 Å². The maximum Gasteiger partial charge on any atom is 0.239 e. The summed E-state index contributed by atoms with van der Waals surface area (Å²) in [5, 5.41) is 0. The lowest BCUT2D eigenvalue weighted by Gasteiger charge is -2.32. The Morgan fingerprint density at radius 3 is 2.36 bits per heavy atom. The van der Waals surface area contributed by atoms with Crippen molar-refractivity contribution in [1.82, 2.24) is 4.90 Å². The summed E-state index contributed by atoms with van der Waals surface area (Å²) < 4.78 is 0. The monoisotopic (exact) mass is 344 g/mol. The topological polar surface area (TPSA) is 46.3 Å². The van der Waals surface area contributed by atoms with Crippen LogP contribution in [0.25, 0.3) is 0 Å². The number of carbonyl (C=O) groups is 1. The highest BCUT2D eigenvalue weighted by atomic mass is 35.5. The predicted molar refractivity (Wildman–Crippen MR) is 100 cm³/mol. The fourth-order valence-electron chi connectivity index (χ4n) is 2.42. The lowest BCUT2D eigenvalue weighted by Crippen LogP contribution is -2.46. The standard InChI is InChI=1S/C17H28N2OS.ClH/c1-13-6-8-14(9-7-13)17(2,3)12-19(4)16(20)15(18)10-11-21-5;/h6-9,15H,10-12,18H2,1-5H3;1H/t15-;/m0./s1. The summed E-state index contributed by atoms with van der Waals surface area (Å²) in [5.74, 6) is 0.950. The van der Waals surface area contributed by atoms with Crippen molar-refractivity contribution < 1.29 is 4.79 Å². The van der Waals surface area contributed by atoms with Crippen molar-refractivity contribution in [3.05, 3.63) is 35.4 Å². The van der Waals surface area contributed by atoms with Gasteiger partial charge in [-0.1, -0.05) is 43.7 Å². The summed E-state index contributed by atoms with van der Waals surface area (Å²) in [4.78, 5) is 14.1. The number of likely N-dealkylation sites (N-methyl/N-ethyl adjacent to an activating group) is 1. The van der Waals surface area contributed by atoms with E-state index in [0.717, 1.165) is 12.2 Å². The minimum absolute atomic E-state index is 0. The Hall–Kier alpha value is -0.710. The third-order valence-corrected chi connectivity index (χ3v) is 4.44. The van der Waals surface area contributed by atoms with Crippen LogP contribution in [0, 0.1) is 6.92 Å². The van der Waals surface area contributed by atoms with Gasteiger partial charge in [-0.2, -0.15) is 11.8 Å². The number of halogens is 1. The second-order valence-corrected chi connectivity index (χ2v) is 7.32. The molecule has 0 aliphatic rings. The summed E-state index contributed by atoms with van der Waals surface area (Å²) in [6.45, 7) is 7.07. The van der Waals surface area contributed by atoms with Crippen molar-refractivity contribution in [3.63, 3.8) is 0 Å². The lowest BCUT2D eigenvalue weighted by atomic mass is 9.83. The van der Waals surface area contributed by atoms with Crippen LogP contribution in [0.4, 0.5) is 0 Å². The first-order chi connectivity index (χ1) is 9.77. The molecule has 1 amide bonds. The zero-order valence-corrected chi connectivity index (χ0v) is 15.9. The molecule has 0 aromatic heterocycles. The molecule has 0 heterocycles. The van der Waals surface area contributed by atoms with E-state index in [0.29, 0.717) is 6.54 Å². The van der Waals surface area contributed by atoms with Gasteiger partial charge >= 0.3 is 0 Å². The average molecular weight is 345 g/mol. The number of amides is 1. The zero-order valence-electron chi connectivity index (χ0n) is 14.3. The summed E-state index contributed by atoms with van der Waals surface area (Å²) in [6, 6.07) is 8.12. The van der Waals surface area contributed by atoms with E-state index in [1.54, 1.807) is 16.7 Å². The number of hydrogen-bond donors (Lipinski definition) is 1. The summed E-state index contributed by atoms with van der Waals surface area (Å²) >= 11 is 1.72. The molecule has 0 unspecified atom stereocenters. The van der Waals surface area contributed by atoms with Crippen LogP contribution in [0.3, 0.4) is 0 Å². The van der Waals surface area contributed by atoms with Gasteiger partial charge in [-0.3, -0.25) is 4.79 Å². The molecule has 0 fully saturated rings. The van der Waals surface area contributed by atoms with Gasteiger partial charge in [0, 0.05) is 19.0 Å². The van der Waals surface area contributed by atoms with Crippen LogP contribution in [0.2, 0.25) is 0 Å². The SMILES string of the molecule is CSCC[C@H](N)C(=O)N(C)CC(C)(C)c1ccc(C)cc1.Cl. The normalized spacial score (nSPS) is 12.5. The summed E-state index contributed by atoms with van der Waals surface area (Å²) in [7, 11) is 1.84. The van der Waals surface area contributed by atoms with Gasteiger partial charge in [0.2, 0.25) is 5.91 Å². The molecule has 0 spiro atoms. The number of nitrogens with zero attached hydrogens (tertiary/aromatic N) is 1. The third kappa shape index (κ3) is 6.19. The largest absolute Gasteiger partial charge is 0.344 e. The predicted octanol–water partition coefficient (Wildman–Crippen LogP) is 3.23. The summed E-state index contributed by atoms with van der Waals surface area (Å²) in [5.41, 5.74) is 8.38. The Kier molecular flexibility index (Phi) is 9.13. The average Bonchev–Trinajstić information content (AvgIpc) is 2.43. The van der Waals surface area contributed by atoms with Crippen LogP contribution in [-0.2, 0) is 10.2 Å². The Morgan fingerprint density at radius 2 is 1.86 bits per heavy atom. The smallest absolute Gasteiger partial charge is 0.239 e. The van der Waals surface area contributed by atoms with Gasteiger partial charge in [-0.25, -0.2) is 0 Å². The highest BCUT2D eigenvalue weighted by Gasteiger charge is 2.26. The fraction of sp³-hybridized carbons (Fsp3) is 0.588. The molecule has 1 rings (SSSR count). The number of thioether (sulfide) groups is 1. The van der Waals surface area contributed by atoms with E-state index in [4.69, 9.17) is 5.73 Å². The maximum absolute atomic E-state index is 12.3. The first-order valence-electron chi connectivity index (χ1n) is 7.34. The molecule has 0 radical (unpaired) electrons. The van der Waals surface area contributed by atoms with Gasteiger partial charge in [-0.05, 0) is 30.9 Å². The molecule has 1 aromatic carbocycles. The van der Waals surface area contributed by atoms with Crippen LogP contribution in [0.5, 0.6) is 0 Å². The second kappa shape index (κ2) is 9.43. The van der Waals surface area contributed by atoms with Crippen LogP contribution >= 0.6 is 24.2 Å². The molecule has 0 saturated carbocycles. The fourth-order valence-corrected chi connectivity index (χ4v) is 2.91. The van der Waals surface area contributed by atoms with E-state index in [-0.39, 0.29) is 23.7 Å². The van der Waals surface area contributed by atoms with Crippen molar-refractivity contribution in [3.8, 4) is 0 Å². The Labute approximate surface area is 145 Å². The second-order valence-electron chi connectivity index (χ2n) is 6.33. The maximum atomic E-state index is 12.3. The van der Waals surface area contributed by atoms with Crippen molar-refractivity contribution in [2.45, 2.75) is 38.6 Å². The molecular formula is C17H29ClN2OS. The molecule has 1 aromatic rings. The number of carbonyl (C=O) groups excluding carboxylic acids is 1. The van der Waals surface area contributed by atoms with Gasteiger partial charge in [0.05, 0.1) is 6.04 Å². The number of aryl methyl sites for hydroxylation is 1. The van der Waals surface area contributed by atoms with E-state index < -0.39 is 6.04 Å². The van der Waals surface area contributed by atoms with Crippen LogP contribution in [0.1, 0.15) is 31.4 Å². The minimum atomic E-state index is -0.392. The highest BCUT2D eigenvalue weighted by Crippen LogP contribution is 2.24. The molecule has 0 aliphatic heterocycles. The number of rotatable bonds is 7. The van der Waals surface area contributed by atoms with E-state index in [2.05, 4.69) is 45.0 Å². The molecule has 0 saturated heterocycles. The molecular weight excluding hydrogens is 316 g/mol. The number of hydrogen-bond acceptors (Lipinski definition) is 3. The van der Waals surface area contributed by atoms with Gasteiger partial charge in [0.25, 0.3) is 0 Å². The molecule has 3 nitrogen and oxygen atoms in total. The first kappa shape index (κ1) is 21.3. The van der Waals surface area contributed by atoms with Gasteiger partial charge in [0.1, 0.15) is 0 Å².